The van der Waals surface area contributed by atoms with Crippen LogP contribution in [-0.2, 0) is 24.0 Å². The maximum Gasteiger partial charge on any atom is 0.326 e. The molecule has 4 unspecified atom stereocenters. The second kappa shape index (κ2) is 16.2. The zero-order valence-electron chi connectivity index (χ0n) is 20.0. The minimum Gasteiger partial charge on any atom is -0.480 e. The predicted molar refractivity (Wildman–Crippen MR) is 126 cm³/mol. The topological polar surface area (TPSA) is 278 Å². The van der Waals surface area contributed by atoms with Gasteiger partial charge in [0.2, 0.25) is 23.6 Å². The van der Waals surface area contributed by atoms with E-state index in [1.54, 1.807) is 13.8 Å². The molecule has 0 heterocycles. The van der Waals surface area contributed by atoms with Gasteiger partial charge in [-0.3, -0.25) is 24.2 Å². The van der Waals surface area contributed by atoms with Crippen LogP contribution < -0.4 is 38.9 Å². The van der Waals surface area contributed by atoms with E-state index in [0.717, 1.165) is 0 Å². The summed E-state index contributed by atoms with van der Waals surface area (Å²) in [6.45, 7) is 3.12. The molecule has 0 rings (SSSR count). The Morgan fingerprint density at radius 2 is 1.40 bits per heavy atom. The Labute approximate surface area is 203 Å². The number of hydrogen-bond acceptors (Lipinski definition) is 8. The largest absolute Gasteiger partial charge is 0.480 e. The third-order valence-corrected chi connectivity index (χ3v) is 4.75. The maximum absolute atomic E-state index is 13.0. The van der Waals surface area contributed by atoms with Gasteiger partial charge in [-0.15, -0.1) is 0 Å². The monoisotopic (exact) mass is 502 g/mol. The molecule has 0 aromatic rings. The summed E-state index contributed by atoms with van der Waals surface area (Å²) in [6, 6.07) is -4.93. The number of nitrogens with two attached hydrogens (primary N) is 4. The van der Waals surface area contributed by atoms with Crippen molar-refractivity contribution in [2.24, 2.45) is 33.8 Å². The SMILES string of the molecule is CC(C)CC(NC(=O)C(CCCN=C(N)N)NC(=O)C(N)CO)C(=O)NC(CCC(N)=O)C(=O)O. The van der Waals surface area contributed by atoms with Gasteiger partial charge in [0.05, 0.1) is 6.61 Å². The van der Waals surface area contributed by atoms with Crippen molar-refractivity contribution < 1.29 is 34.2 Å². The number of carboxylic acid groups (broad SMARTS) is 1. The number of nitrogens with zero attached hydrogens (tertiary/aromatic N) is 1. The predicted octanol–water partition coefficient (Wildman–Crippen LogP) is -3.79. The number of aliphatic imine (C=N–C) groups is 1. The van der Waals surface area contributed by atoms with Crippen LogP contribution in [0.3, 0.4) is 0 Å². The average molecular weight is 503 g/mol. The summed E-state index contributed by atoms with van der Waals surface area (Å²) < 4.78 is 0. The Balaban J connectivity index is 5.54. The third-order valence-electron chi connectivity index (χ3n) is 4.75. The average Bonchev–Trinajstić information content (AvgIpc) is 2.76. The number of hydrogen-bond donors (Lipinski definition) is 9. The fraction of sp³-hybridized carbons (Fsp3) is 0.700. The molecule has 200 valence electrons. The molecule has 0 saturated carbocycles. The molecular formula is C20H38N8O7. The van der Waals surface area contributed by atoms with Gasteiger partial charge < -0.3 is 49.1 Å². The molecular weight excluding hydrogens is 464 g/mol. The quantitative estimate of drug-likeness (QED) is 0.0531. The van der Waals surface area contributed by atoms with Crippen molar-refractivity contribution in [1.82, 2.24) is 16.0 Å². The highest BCUT2D eigenvalue weighted by Gasteiger charge is 2.30. The molecule has 0 fully saturated rings. The number of carboxylic acids is 1. The molecule has 15 heteroatoms. The van der Waals surface area contributed by atoms with Crippen LogP contribution in [0.1, 0.15) is 46.0 Å². The second-order valence-electron chi connectivity index (χ2n) is 8.39. The number of aliphatic carboxylic acids is 1. The number of carbonyl (C=O) groups is 5. The van der Waals surface area contributed by atoms with E-state index in [1.807, 2.05) is 0 Å². The Morgan fingerprint density at radius 3 is 1.89 bits per heavy atom. The molecule has 4 atom stereocenters. The standard InChI is InChI=1S/C20H38N8O7/c1-10(2)8-14(18(33)27-13(19(34)35)5-6-15(22)30)28-17(32)12(4-3-7-25-20(23)24)26-16(31)11(21)9-29/h10-14,29H,3-9,21H2,1-2H3,(H2,22,30)(H,26,31)(H,27,33)(H,28,32)(H,34,35)(H4,23,24,25). The Kier molecular flexibility index (Phi) is 14.6. The fourth-order valence-electron chi connectivity index (χ4n) is 2.93. The lowest BCUT2D eigenvalue weighted by atomic mass is 10.0. The van der Waals surface area contributed by atoms with Crippen molar-refractivity contribution in [1.29, 1.82) is 0 Å². The molecule has 0 radical (unpaired) electrons. The van der Waals surface area contributed by atoms with E-state index in [1.165, 1.54) is 0 Å². The smallest absolute Gasteiger partial charge is 0.326 e. The van der Waals surface area contributed by atoms with E-state index in [0.29, 0.717) is 6.42 Å². The zero-order valence-corrected chi connectivity index (χ0v) is 20.0. The number of carbonyl (C=O) groups excluding carboxylic acids is 4. The molecule has 4 amide bonds. The van der Waals surface area contributed by atoms with Crippen LogP contribution >= 0.6 is 0 Å². The first-order chi connectivity index (χ1) is 16.3. The zero-order chi connectivity index (χ0) is 27.1. The van der Waals surface area contributed by atoms with Crippen LogP contribution in [0, 0.1) is 5.92 Å². The van der Waals surface area contributed by atoms with Crippen molar-refractivity contribution in [2.75, 3.05) is 13.2 Å². The van der Waals surface area contributed by atoms with E-state index in [9.17, 15) is 29.1 Å². The molecule has 0 aliphatic carbocycles. The van der Waals surface area contributed by atoms with Crippen LogP contribution in [0.4, 0.5) is 0 Å². The summed E-state index contributed by atoms with van der Waals surface area (Å²) >= 11 is 0. The van der Waals surface area contributed by atoms with Crippen LogP contribution in [-0.4, -0.2) is 83.1 Å². The molecule has 15 nitrogen and oxygen atoms in total. The van der Waals surface area contributed by atoms with Crippen molar-refractivity contribution in [3.63, 3.8) is 0 Å². The van der Waals surface area contributed by atoms with E-state index < -0.39 is 60.4 Å². The first-order valence-corrected chi connectivity index (χ1v) is 11.1. The number of aliphatic hydroxyl groups excluding tert-OH is 1. The first-order valence-electron chi connectivity index (χ1n) is 11.1. The minimum atomic E-state index is -1.39. The Bertz CT molecular complexity index is 771. The Hall–Kier alpha value is -3.46. The molecule has 0 saturated heterocycles. The molecule has 0 bridgehead atoms. The van der Waals surface area contributed by atoms with E-state index in [4.69, 9.17) is 28.0 Å². The second-order valence-corrected chi connectivity index (χ2v) is 8.39. The summed E-state index contributed by atoms with van der Waals surface area (Å²) in [5.74, 6) is -4.58. The van der Waals surface area contributed by atoms with Crippen molar-refractivity contribution in [3.8, 4) is 0 Å². The van der Waals surface area contributed by atoms with Crippen LogP contribution in [0.2, 0.25) is 0 Å². The fourth-order valence-corrected chi connectivity index (χ4v) is 2.93. The number of primary amides is 1. The lowest BCUT2D eigenvalue weighted by Gasteiger charge is -2.26. The molecule has 0 aliphatic rings. The maximum atomic E-state index is 13.0. The summed E-state index contributed by atoms with van der Waals surface area (Å²) in [4.78, 5) is 64.2. The summed E-state index contributed by atoms with van der Waals surface area (Å²) in [5.41, 5.74) is 21.1. The van der Waals surface area contributed by atoms with Gasteiger partial charge in [-0.25, -0.2) is 4.79 Å². The van der Waals surface area contributed by atoms with Crippen molar-refractivity contribution >= 4 is 35.6 Å². The van der Waals surface area contributed by atoms with Crippen molar-refractivity contribution in [3.05, 3.63) is 0 Å². The van der Waals surface area contributed by atoms with Crippen molar-refractivity contribution in [2.45, 2.75) is 70.1 Å². The summed E-state index contributed by atoms with van der Waals surface area (Å²) in [5, 5.41) is 25.7. The van der Waals surface area contributed by atoms with Gasteiger partial charge in [-0.2, -0.15) is 0 Å². The van der Waals surface area contributed by atoms with Gasteiger partial charge in [-0.05, 0) is 31.6 Å². The van der Waals surface area contributed by atoms with Gasteiger partial charge in [0.25, 0.3) is 0 Å². The molecule has 0 aliphatic heterocycles. The summed E-state index contributed by atoms with van der Waals surface area (Å²) in [6.07, 6.45) is 0.0536. The van der Waals surface area contributed by atoms with E-state index in [-0.39, 0.29) is 44.1 Å². The highest BCUT2D eigenvalue weighted by Crippen LogP contribution is 2.08. The highest BCUT2D eigenvalue weighted by atomic mass is 16.4. The number of nitrogens with one attached hydrogen (secondary N) is 3. The molecule has 13 N–H and O–H groups in total. The normalized spacial score (nSPS) is 14.2. The van der Waals surface area contributed by atoms with Gasteiger partial charge in [0.15, 0.2) is 5.96 Å². The molecule has 0 aromatic carbocycles. The lowest BCUT2D eigenvalue weighted by molar-refractivity contribution is -0.142. The first kappa shape index (κ1) is 31.5. The Morgan fingerprint density at radius 1 is 0.857 bits per heavy atom. The van der Waals surface area contributed by atoms with Gasteiger partial charge in [0.1, 0.15) is 24.2 Å². The molecule has 35 heavy (non-hydrogen) atoms. The summed E-state index contributed by atoms with van der Waals surface area (Å²) in [7, 11) is 0. The van der Waals surface area contributed by atoms with E-state index in [2.05, 4.69) is 20.9 Å². The van der Waals surface area contributed by atoms with Crippen LogP contribution in [0.5, 0.6) is 0 Å². The number of rotatable bonds is 17. The number of guanidine groups is 1. The van der Waals surface area contributed by atoms with Gasteiger partial charge >= 0.3 is 5.97 Å². The van der Waals surface area contributed by atoms with Crippen LogP contribution in [0.15, 0.2) is 4.99 Å². The van der Waals surface area contributed by atoms with Crippen LogP contribution in [0.25, 0.3) is 0 Å². The third kappa shape index (κ3) is 13.7. The molecule has 0 spiro atoms. The minimum absolute atomic E-state index is 0.0716. The lowest BCUT2D eigenvalue weighted by Crippen LogP contribution is -2.57. The van der Waals surface area contributed by atoms with E-state index >= 15 is 0 Å². The van der Waals surface area contributed by atoms with Gasteiger partial charge in [-0.1, -0.05) is 13.8 Å². The molecule has 0 aromatic heterocycles. The highest BCUT2D eigenvalue weighted by molar-refractivity contribution is 5.94. The number of aliphatic hydroxyl groups is 1. The van der Waals surface area contributed by atoms with Gasteiger partial charge in [0, 0.05) is 13.0 Å². The number of amides is 4.